The van der Waals surface area contributed by atoms with Gasteiger partial charge in [0.15, 0.2) is 0 Å². The van der Waals surface area contributed by atoms with Crippen LogP contribution in [0.3, 0.4) is 0 Å². The summed E-state index contributed by atoms with van der Waals surface area (Å²) < 4.78 is 0.897. The van der Waals surface area contributed by atoms with Gasteiger partial charge in [-0.3, -0.25) is 9.78 Å². The lowest BCUT2D eigenvalue weighted by Crippen LogP contribution is -2.36. The van der Waals surface area contributed by atoms with Crippen molar-refractivity contribution in [2.45, 2.75) is 25.3 Å². The number of nitrogen functional groups attached to an aromatic ring is 1. The van der Waals surface area contributed by atoms with Gasteiger partial charge in [-0.15, -0.1) is 0 Å². The van der Waals surface area contributed by atoms with Gasteiger partial charge in [0.25, 0.3) is 0 Å². The van der Waals surface area contributed by atoms with Gasteiger partial charge in [0.05, 0.1) is 23.1 Å². The van der Waals surface area contributed by atoms with Crippen LogP contribution in [0, 0.1) is 0 Å². The second kappa shape index (κ2) is 6.64. The standard InChI is InChI=1S/C16H17BrN4O3/c17-9-3-4-11-12(6-9)19-8-13(15(11)18)20-14(22)7-10-2-1-5-21(10)16(23)24/h3-4,6,8,10H,1-2,5,7H2,(H2,18,19)(H,20,22)(H,23,24)/t10-/m1/s1. The highest BCUT2D eigenvalue weighted by Gasteiger charge is 2.30. The number of carboxylic acid groups (broad SMARTS) is 1. The summed E-state index contributed by atoms with van der Waals surface area (Å²) in [5.41, 5.74) is 7.74. The molecule has 1 aliphatic rings. The summed E-state index contributed by atoms with van der Waals surface area (Å²) in [5.74, 6) is -0.266. The largest absolute Gasteiger partial charge is 0.465 e. The molecule has 0 saturated carbocycles. The SMILES string of the molecule is Nc1c(NC(=O)C[C@H]2CCCN2C(=O)O)cnc2cc(Br)ccc12. The number of hydrogen-bond donors (Lipinski definition) is 3. The number of likely N-dealkylation sites (tertiary alicyclic amines) is 1. The van der Waals surface area contributed by atoms with E-state index < -0.39 is 6.09 Å². The first-order chi connectivity index (χ1) is 11.5. The topological polar surface area (TPSA) is 109 Å². The molecule has 0 aliphatic carbocycles. The quantitative estimate of drug-likeness (QED) is 0.743. The highest BCUT2D eigenvalue weighted by molar-refractivity contribution is 9.10. The van der Waals surface area contributed by atoms with Crippen LogP contribution in [0.2, 0.25) is 0 Å². The van der Waals surface area contributed by atoms with Crippen LogP contribution in [0.25, 0.3) is 10.9 Å². The van der Waals surface area contributed by atoms with Crippen LogP contribution in [-0.4, -0.2) is 39.6 Å². The molecule has 0 spiro atoms. The Bertz CT molecular complexity index is 811. The summed E-state index contributed by atoms with van der Waals surface area (Å²) in [6.07, 6.45) is 2.12. The highest BCUT2D eigenvalue weighted by atomic mass is 79.9. The number of anilines is 2. The first kappa shape index (κ1) is 16.5. The number of rotatable bonds is 3. The molecule has 1 aliphatic heterocycles. The Labute approximate surface area is 147 Å². The number of carbonyl (C=O) groups excluding carboxylic acids is 1. The van der Waals surface area contributed by atoms with Crippen molar-refractivity contribution in [1.29, 1.82) is 0 Å². The predicted octanol–water partition coefficient (Wildman–Crippen LogP) is 3.05. The van der Waals surface area contributed by atoms with Crippen LogP contribution in [-0.2, 0) is 4.79 Å². The number of pyridine rings is 1. The fourth-order valence-corrected chi connectivity index (χ4v) is 3.35. The molecule has 0 unspecified atom stereocenters. The van der Waals surface area contributed by atoms with Gasteiger partial charge < -0.3 is 21.1 Å². The van der Waals surface area contributed by atoms with E-state index >= 15 is 0 Å². The van der Waals surface area contributed by atoms with Crippen molar-refractivity contribution < 1.29 is 14.7 Å². The number of nitrogens with two attached hydrogens (primary N) is 1. The second-order valence-corrected chi connectivity index (χ2v) is 6.69. The molecule has 4 N–H and O–H groups in total. The number of fused-ring (bicyclic) bond motifs is 1. The molecule has 8 heteroatoms. The normalized spacial score (nSPS) is 17.2. The van der Waals surface area contributed by atoms with Crippen molar-refractivity contribution in [2.24, 2.45) is 0 Å². The van der Waals surface area contributed by atoms with E-state index in [2.05, 4.69) is 26.2 Å². The number of nitrogens with one attached hydrogen (secondary N) is 1. The Morgan fingerprint density at radius 3 is 3.00 bits per heavy atom. The van der Waals surface area contributed by atoms with Crippen LogP contribution >= 0.6 is 15.9 Å². The molecule has 0 radical (unpaired) electrons. The summed E-state index contributed by atoms with van der Waals surface area (Å²) in [6.45, 7) is 0.474. The van der Waals surface area contributed by atoms with Gasteiger partial charge in [-0.2, -0.15) is 0 Å². The first-order valence-electron chi connectivity index (χ1n) is 7.59. The monoisotopic (exact) mass is 392 g/mol. The van der Waals surface area contributed by atoms with E-state index in [1.165, 1.54) is 11.1 Å². The third-order valence-electron chi connectivity index (χ3n) is 4.19. The average molecular weight is 393 g/mol. The third kappa shape index (κ3) is 3.28. The van der Waals surface area contributed by atoms with Crippen molar-refractivity contribution in [3.63, 3.8) is 0 Å². The number of amides is 2. The zero-order valence-electron chi connectivity index (χ0n) is 12.8. The van der Waals surface area contributed by atoms with Crippen molar-refractivity contribution in [1.82, 2.24) is 9.88 Å². The molecule has 2 amide bonds. The van der Waals surface area contributed by atoms with E-state index in [1.807, 2.05) is 18.2 Å². The van der Waals surface area contributed by atoms with Crippen LogP contribution in [0.4, 0.5) is 16.2 Å². The Morgan fingerprint density at radius 1 is 1.46 bits per heavy atom. The number of halogens is 1. The van der Waals surface area contributed by atoms with E-state index in [4.69, 9.17) is 10.8 Å². The van der Waals surface area contributed by atoms with Gasteiger partial charge >= 0.3 is 6.09 Å². The van der Waals surface area contributed by atoms with Gasteiger partial charge in [0, 0.05) is 28.9 Å². The van der Waals surface area contributed by atoms with E-state index in [0.29, 0.717) is 24.3 Å². The van der Waals surface area contributed by atoms with Gasteiger partial charge in [0.2, 0.25) is 5.91 Å². The summed E-state index contributed by atoms with van der Waals surface area (Å²) in [5, 5.41) is 12.6. The Hall–Kier alpha value is -2.35. The van der Waals surface area contributed by atoms with Crippen molar-refractivity contribution >= 4 is 50.2 Å². The molecule has 7 nitrogen and oxygen atoms in total. The number of aromatic nitrogens is 1. The minimum absolute atomic E-state index is 0.115. The summed E-state index contributed by atoms with van der Waals surface area (Å²) in [4.78, 5) is 29.0. The molecule has 0 bridgehead atoms. The second-order valence-electron chi connectivity index (χ2n) is 5.77. The summed E-state index contributed by atoms with van der Waals surface area (Å²) >= 11 is 3.38. The summed E-state index contributed by atoms with van der Waals surface area (Å²) in [7, 11) is 0. The summed E-state index contributed by atoms with van der Waals surface area (Å²) in [6, 6.07) is 5.25. The molecule has 1 fully saturated rings. The van der Waals surface area contributed by atoms with Crippen molar-refractivity contribution in [3.05, 3.63) is 28.9 Å². The zero-order valence-corrected chi connectivity index (χ0v) is 14.4. The fourth-order valence-electron chi connectivity index (χ4n) is 3.00. The fraction of sp³-hybridized carbons (Fsp3) is 0.312. The molecule has 126 valence electrons. The van der Waals surface area contributed by atoms with Gasteiger partial charge in [-0.25, -0.2) is 4.79 Å². The van der Waals surface area contributed by atoms with Crippen LogP contribution < -0.4 is 11.1 Å². The zero-order chi connectivity index (χ0) is 17.3. The average Bonchev–Trinajstić information content (AvgIpc) is 2.98. The smallest absolute Gasteiger partial charge is 0.407 e. The molecule has 1 aromatic heterocycles. The van der Waals surface area contributed by atoms with Gasteiger partial charge in [0.1, 0.15) is 0 Å². The lowest BCUT2D eigenvalue weighted by atomic mass is 10.1. The maximum Gasteiger partial charge on any atom is 0.407 e. The molecule has 3 rings (SSSR count). The predicted molar refractivity (Wildman–Crippen MR) is 94.9 cm³/mol. The van der Waals surface area contributed by atoms with Crippen molar-refractivity contribution in [3.8, 4) is 0 Å². The van der Waals surface area contributed by atoms with Crippen LogP contribution in [0.15, 0.2) is 28.9 Å². The molecular formula is C16H17BrN4O3. The Kier molecular flexibility index (Phi) is 4.57. The number of nitrogens with zero attached hydrogens (tertiary/aromatic N) is 2. The molecule has 1 saturated heterocycles. The van der Waals surface area contributed by atoms with Gasteiger partial charge in [-0.1, -0.05) is 15.9 Å². The Morgan fingerprint density at radius 2 is 2.25 bits per heavy atom. The maximum absolute atomic E-state index is 12.3. The number of hydrogen-bond acceptors (Lipinski definition) is 4. The highest BCUT2D eigenvalue weighted by Crippen LogP contribution is 2.29. The minimum atomic E-state index is -0.984. The number of benzene rings is 1. The molecule has 1 aromatic carbocycles. The minimum Gasteiger partial charge on any atom is -0.465 e. The van der Waals surface area contributed by atoms with Gasteiger partial charge in [-0.05, 0) is 31.0 Å². The molecular weight excluding hydrogens is 376 g/mol. The van der Waals surface area contributed by atoms with Crippen LogP contribution in [0.5, 0.6) is 0 Å². The first-order valence-corrected chi connectivity index (χ1v) is 8.38. The molecule has 2 aromatic rings. The van der Waals surface area contributed by atoms with E-state index in [1.54, 1.807) is 0 Å². The van der Waals surface area contributed by atoms with Crippen LogP contribution in [0.1, 0.15) is 19.3 Å². The number of carbonyl (C=O) groups is 2. The van der Waals surface area contributed by atoms with E-state index in [0.717, 1.165) is 21.8 Å². The molecule has 24 heavy (non-hydrogen) atoms. The maximum atomic E-state index is 12.3. The Balaban J connectivity index is 1.75. The van der Waals surface area contributed by atoms with Crippen molar-refractivity contribution in [2.75, 3.05) is 17.6 Å². The lowest BCUT2D eigenvalue weighted by molar-refractivity contribution is -0.117. The van der Waals surface area contributed by atoms with E-state index in [9.17, 15) is 9.59 Å². The molecule has 2 heterocycles. The third-order valence-corrected chi connectivity index (χ3v) is 4.68. The lowest BCUT2D eigenvalue weighted by Gasteiger charge is -2.21. The van der Waals surface area contributed by atoms with E-state index in [-0.39, 0.29) is 18.4 Å². The molecule has 1 atom stereocenters.